The molecule has 0 aliphatic heterocycles. The second-order valence-electron chi connectivity index (χ2n) is 4.70. The second-order valence-corrected chi connectivity index (χ2v) is 4.70. The molecule has 2 rings (SSSR count). The Morgan fingerprint density at radius 3 is 2.36 bits per heavy atom. The van der Waals surface area contributed by atoms with E-state index in [0.29, 0.717) is 5.56 Å². The van der Waals surface area contributed by atoms with E-state index in [4.69, 9.17) is 4.74 Å². The number of amides is 1. The minimum Gasteiger partial charge on any atom is -0.467 e. The average molecular weight is 301 g/mol. The number of ether oxygens (including phenoxy) is 1. The van der Waals surface area contributed by atoms with Gasteiger partial charge in [-0.25, -0.2) is 9.18 Å². The molecule has 0 radical (unpaired) electrons. The van der Waals surface area contributed by atoms with E-state index >= 15 is 0 Å². The van der Waals surface area contributed by atoms with E-state index < -0.39 is 23.7 Å². The molecule has 2 aromatic rings. The van der Waals surface area contributed by atoms with Crippen molar-refractivity contribution in [2.24, 2.45) is 0 Å². The summed E-state index contributed by atoms with van der Waals surface area (Å²) in [6, 6.07) is 13.9. The Morgan fingerprint density at radius 1 is 1.09 bits per heavy atom. The van der Waals surface area contributed by atoms with Gasteiger partial charge in [0.05, 0.1) is 13.5 Å². The van der Waals surface area contributed by atoms with Crippen LogP contribution >= 0.6 is 0 Å². The molecule has 0 bridgehead atoms. The lowest BCUT2D eigenvalue weighted by Crippen LogP contribution is -2.35. The van der Waals surface area contributed by atoms with Gasteiger partial charge < -0.3 is 10.1 Å². The van der Waals surface area contributed by atoms with E-state index in [1.807, 2.05) is 0 Å². The number of carbonyl (C=O) groups is 2. The standard InChI is InChI=1S/C17H16FNO3/c1-22-17(21)16(12-7-3-2-4-8-12)19-15(20)11-13-9-5-6-10-14(13)18/h2-10,16H,11H2,1H3,(H,19,20)/t16-/m0/s1. The summed E-state index contributed by atoms with van der Waals surface area (Å²) in [6.45, 7) is 0. The highest BCUT2D eigenvalue weighted by atomic mass is 19.1. The molecular weight excluding hydrogens is 285 g/mol. The smallest absolute Gasteiger partial charge is 0.333 e. The number of carbonyl (C=O) groups excluding carboxylic acids is 2. The summed E-state index contributed by atoms with van der Waals surface area (Å²) in [5, 5.41) is 2.58. The molecule has 0 fully saturated rings. The highest BCUT2D eigenvalue weighted by Crippen LogP contribution is 2.15. The van der Waals surface area contributed by atoms with E-state index in [1.165, 1.54) is 19.2 Å². The van der Waals surface area contributed by atoms with Crippen molar-refractivity contribution in [1.29, 1.82) is 0 Å². The Kier molecular flexibility index (Phi) is 5.25. The number of hydrogen-bond donors (Lipinski definition) is 1. The second kappa shape index (κ2) is 7.36. The maximum atomic E-state index is 13.6. The lowest BCUT2D eigenvalue weighted by atomic mass is 10.1. The van der Waals surface area contributed by atoms with Gasteiger partial charge in [-0.05, 0) is 17.2 Å². The molecule has 1 atom stereocenters. The molecule has 0 saturated carbocycles. The molecule has 2 aromatic carbocycles. The first-order valence-corrected chi connectivity index (χ1v) is 6.77. The van der Waals surface area contributed by atoms with Crippen molar-refractivity contribution in [2.75, 3.05) is 7.11 Å². The number of nitrogens with one attached hydrogen (secondary N) is 1. The Bertz CT molecular complexity index is 658. The summed E-state index contributed by atoms with van der Waals surface area (Å²) in [5.74, 6) is -1.48. The van der Waals surface area contributed by atoms with Gasteiger partial charge in [0.15, 0.2) is 6.04 Å². The molecule has 1 N–H and O–H groups in total. The third kappa shape index (κ3) is 3.91. The van der Waals surface area contributed by atoms with Crippen LogP contribution in [0.3, 0.4) is 0 Å². The van der Waals surface area contributed by atoms with Crippen LogP contribution in [-0.4, -0.2) is 19.0 Å². The van der Waals surface area contributed by atoms with Gasteiger partial charge in [0, 0.05) is 0 Å². The number of benzene rings is 2. The fourth-order valence-electron chi connectivity index (χ4n) is 2.07. The van der Waals surface area contributed by atoms with Gasteiger partial charge in [0.25, 0.3) is 0 Å². The zero-order valence-corrected chi connectivity index (χ0v) is 12.1. The lowest BCUT2D eigenvalue weighted by Gasteiger charge is -2.17. The SMILES string of the molecule is COC(=O)[C@@H](NC(=O)Cc1ccccc1F)c1ccccc1. The highest BCUT2D eigenvalue weighted by molar-refractivity contribution is 5.86. The summed E-state index contributed by atoms with van der Waals surface area (Å²) < 4.78 is 18.3. The van der Waals surface area contributed by atoms with Crippen LogP contribution in [0.1, 0.15) is 17.2 Å². The van der Waals surface area contributed by atoms with Crippen molar-refractivity contribution in [3.63, 3.8) is 0 Å². The molecule has 0 aromatic heterocycles. The summed E-state index contributed by atoms with van der Waals surface area (Å²) in [5.41, 5.74) is 0.882. The van der Waals surface area contributed by atoms with Crippen LogP contribution in [0.25, 0.3) is 0 Å². The number of hydrogen-bond acceptors (Lipinski definition) is 3. The van der Waals surface area contributed by atoms with Crippen molar-refractivity contribution >= 4 is 11.9 Å². The summed E-state index contributed by atoms with van der Waals surface area (Å²) in [4.78, 5) is 23.9. The zero-order chi connectivity index (χ0) is 15.9. The molecule has 0 aliphatic carbocycles. The van der Waals surface area contributed by atoms with Crippen molar-refractivity contribution in [1.82, 2.24) is 5.32 Å². The van der Waals surface area contributed by atoms with Gasteiger partial charge in [0.1, 0.15) is 5.82 Å². The Morgan fingerprint density at radius 2 is 1.73 bits per heavy atom. The summed E-state index contributed by atoms with van der Waals surface area (Å²) >= 11 is 0. The number of rotatable bonds is 5. The van der Waals surface area contributed by atoms with Gasteiger partial charge in [-0.2, -0.15) is 0 Å². The van der Waals surface area contributed by atoms with Crippen LogP contribution in [-0.2, 0) is 20.7 Å². The van der Waals surface area contributed by atoms with E-state index in [2.05, 4.69) is 5.32 Å². The Balaban J connectivity index is 2.12. The number of esters is 1. The maximum Gasteiger partial charge on any atom is 0.333 e. The van der Waals surface area contributed by atoms with Gasteiger partial charge >= 0.3 is 5.97 Å². The molecule has 5 heteroatoms. The molecule has 0 unspecified atom stereocenters. The first-order valence-electron chi connectivity index (χ1n) is 6.77. The monoisotopic (exact) mass is 301 g/mol. The van der Waals surface area contributed by atoms with Gasteiger partial charge in [0.2, 0.25) is 5.91 Å². The normalized spacial score (nSPS) is 11.5. The maximum absolute atomic E-state index is 13.6. The van der Waals surface area contributed by atoms with Gasteiger partial charge in [-0.15, -0.1) is 0 Å². The first-order chi connectivity index (χ1) is 10.6. The van der Waals surface area contributed by atoms with Crippen LogP contribution in [0.4, 0.5) is 4.39 Å². The van der Waals surface area contributed by atoms with Crippen LogP contribution in [0.2, 0.25) is 0 Å². The highest BCUT2D eigenvalue weighted by Gasteiger charge is 2.23. The summed E-state index contributed by atoms with van der Waals surface area (Å²) in [6.07, 6.45) is -0.146. The molecule has 0 aliphatic rings. The Labute approximate surface area is 127 Å². The zero-order valence-electron chi connectivity index (χ0n) is 12.1. The molecule has 0 saturated heterocycles. The van der Waals surface area contributed by atoms with Crippen molar-refractivity contribution < 1.29 is 18.7 Å². The predicted molar refractivity (Wildman–Crippen MR) is 79.4 cm³/mol. The molecular formula is C17H16FNO3. The van der Waals surface area contributed by atoms with E-state index in [1.54, 1.807) is 42.5 Å². The third-order valence-electron chi connectivity index (χ3n) is 3.18. The molecule has 22 heavy (non-hydrogen) atoms. The Hall–Kier alpha value is -2.69. The van der Waals surface area contributed by atoms with E-state index in [-0.39, 0.29) is 12.0 Å². The molecule has 0 spiro atoms. The fourth-order valence-corrected chi connectivity index (χ4v) is 2.07. The topological polar surface area (TPSA) is 55.4 Å². The number of halogens is 1. The molecule has 1 amide bonds. The minimum absolute atomic E-state index is 0.146. The largest absolute Gasteiger partial charge is 0.467 e. The van der Waals surface area contributed by atoms with Crippen LogP contribution in [0.15, 0.2) is 54.6 Å². The molecule has 114 valence electrons. The quantitative estimate of drug-likeness (QED) is 0.863. The molecule has 4 nitrogen and oxygen atoms in total. The lowest BCUT2D eigenvalue weighted by molar-refractivity contribution is -0.145. The predicted octanol–water partition coefficient (Wildman–Crippen LogP) is 2.40. The summed E-state index contributed by atoms with van der Waals surface area (Å²) in [7, 11) is 1.25. The first kappa shape index (κ1) is 15.7. The van der Waals surface area contributed by atoms with Gasteiger partial charge in [-0.3, -0.25) is 4.79 Å². The van der Waals surface area contributed by atoms with Crippen molar-refractivity contribution in [3.8, 4) is 0 Å². The van der Waals surface area contributed by atoms with E-state index in [0.717, 1.165) is 0 Å². The van der Waals surface area contributed by atoms with E-state index in [9.17, 15) is 14.0 Å². The van der Waals surface area contributed by atoms with Crippen molar-refractivity contribution in [3.05, 3.63) is 71.5 Å². The third-order valence-corrected chi connectivity index (χ3v) is 3.18. The minimum atomic E-state index is -0.912. The van der Waals surface area contributed by atoms with Crippen LogP contribution in [0, 0.1) is 5.82 Å². The average Bonchev–Trinajstić information content (AvgIpc) is 2.55. The fraction of sp³-hybridized carbons (Fsp3) is 0.176. The molecule has 0 heterocycles. The van der Waals surface area contributed by atoms with Crippen LogP contribution < -0.4 is 5.32 Å². The number of methoxy groups -OCH3 is 1. The van der Waals surface area contributed by atoms with Gasteiger partial charge in [-0.1, -0.05) is 48.5 Å². The van der Waals surface area contributed by atoms with Crippen LogP contribution in [0.5, 0.6) is 0 Å². The van der Waals surface area contributed by atoms with Crippen molar-refractivity contribution in [2.45, 2.75) is 12.5 Å².